The van der Waals surface area contributed by atoms with Gasteiger partial charge in [0.2, 0.25) is 0 Å². The molecule has 0 spiro atoms. The fraction of sp³-hybridized carbons (Fsp3) is 0.462. The largest absolute Gasteiger partial charge is 0.354 e. The number of nitrogens with one attached hydrogen (secondary N) is 1. The van der Waals surface area contributed by atoms with Crippen molar-refractivity contribution in [1.82, 2.24) is 10.2 Å². The summed E-state index contributed by atoms with van der Waals surface area (Å²) in [5.41, 5.74) is 2.79. The Balaban J connectivity index is 1.92. The van der Waals surface area contributed by atoms with Crippen molar-refractivity contribution in [1.29, 1.82) is 0 Å². The number of hydrogen-bond donors (Lipinski definition) is 1. The van der Waals surface area contributed by atoms with Gasteiger partial charge in [0, 0.05) is 38.3 Å². The number of aliphatic imine (C=N–C) groups is 1. The van der Waals surface area contributed by atoms with Crippen LogP contribution >= 0.6 is 0 Å². The molecule has 1 fully saturated rings. The number of piperazine rings is 1. The van der Waals surface area contributed by atoms with E-state index in [4.69, 9.17) is 4.99 Å². The van der Waals surface area contributed by atoms with Gasteiger partial charge in [-0.1, -0.05) is 24.3 Å². The molecule has 84 valence electrons. The first-order valence-electron chi connectivity index (χ1n) is 6.03. The number of fused-ring (bicyclic) bond motifs is 1. The molecule has 0 aliphatic carbocycles. The normalized spacial score (nSPS) is 20.2. The third-order valence-corrected chi connectivity index (χ3v) is 3.32. The Morgan fingerprint density at radius 2 is 1.94 bits per heavy atom. The summed E-state index contributed by atoms with van der Waals surface area (Å²) in [6.45, 7) is 5.24. The van der Waals surface area contributed by atoms with Crippen LogP contribution < -0.4 is 5.32 Å². The number of benzene rings is 1. The summed E-state index contributed by atoms with van der Waals surface area (Å²) in [5.74, 6) is 1.21. The van der Waals surface area contributed by atoms with Crippen molar-refractivity contribution in [2.75, 3.05) is 32.7 Å². The second-order valence-corrected chi connectivity index (χ2v) is 4.35. The zero-order valence-corrected chi connectivity index (χ0v) is 9.45. The van der Waals surface area contributed by atoms with E-state index >= 15 is 0 Å². The lowest BCUT2D eigenvalue weighted by Crippen LogP contribution is -2.47. The molecule has 0 radical (unpaired) electrons. The van der Waals surface area contributed by atoms with E-state index < -0.39 is 0 Å². The van der Waals surface area contributed by atoms with E-state index in [-0.39, 0.29) is 0 Å². The molecule has 0 saturated carbocycles. The molecule has 3 nitrogen and oxygen atoms in total. The molecule has 2 aliphatic heterocycles. The van der Waals surface area contributed by atoms with E-state index in [1.54, 1.807) is 0 Å². The Labute approximate surface area is 96.2 Å². The molecule has 0 amide bonds. The number of rotatable bonds is 0. The van der Waals surface area contributed by atoms with Gasteiger partial charge in [0.25, 0.3) is 0 Å². The third-order valence-electron chi connectivity index (χ3n) is 3.32. The minimum atomic E-state index is 0.941. The minimum absolute atomic E-state index is 0.941. The van der Waals surface area contributed by atoms with Crippen LogP contribution in [0.4, 0.5) is 0 Å². The number of hydrogen-bond acceptors (Lipinski definition) is 3. The van der Waals surface area contributed by atoms with E-state index in [9.17, 15) is 0 Å². The second-order valence-electron chi connectivity index (χ2n) is 4.35. The van der Waals surface area contributed by atoms with Gasteiger partial charge in [-0.2, -0.15) is 0 Å². The first-order chi connectivity index (χ1) is 7.95. The Kier molecular flexibility index (Phi) is 2.62. The van der Waals surface area contributed by atoms with Gasteiger partial charge in [0.05, 0.1) is 0 Å². The minimum Gasteiger partial charge on any atom is -0.354 e. The molecule has 3 rings (SSSR count). The van der Waals surface area contributed by atoms with Gasteiger partial charge in [-0.05, 0) is 12.0 Å². The molecule has 0 unspecified atom stereocenters. The third kappa shape index (κ3) is 1.71. The van der Waals surface area contributed by atoms with E-state index in [1.165, 1.54) is 17.0 Å². The SMILES string of the molecule is c1ccc2c(c1)CCN=C2N1CCNCC1. The predicted molar refractivity (Wildman–Crippen MR) is 66.0 cm³/mol. The van der Waals surface area contributed by atoms with Crippen molar-refractivity contribution in [3.05, 3.63) is 35.4 Å². The zero-order chi connectivity index (χ0) is 10.8. The van der Waals surface area contributed by atoms with Gasteiger partial charge in [-0.3, -0.25) is 4.99 Å². The Morgan fingerprint density at radius 1 is 1.12 bits per heavy atom. The molecule has 2 aliphatic rings. The summed E-state index contributed by atoms with van der Waals surface area (Å²) in [5, 5.41) is 3.38. The van der Waals surface area contributed by atoms with E-state index in [2.05, 4.69) is 34.5 Å². The summed E-state index contributed by atoms with van der Waals surface area (Å²) >= 11 is 0. The molecule has 1 saturated heterocycles. The van der Waals surface area contributed by atoms with Crippen LogP contribution in [0.1, 0.15) is 11.1 Å². The lowest BCUT2D eigenvalue weighted by molar-refractivity contribution is 0.356. The Bertz CT molecular complexity index is 405. The fourth-order valence-corrected chi connectivity index (χ4v) is 2.47. The van der Waals surface area contributed by atoms with E-state index in [0.717, 1.165) is 39.1 Å². The van der Waals surface area contributed by atoms with Crippen molar-refractivity contribution in [3.8, 4) is 0 Å². The Hall–Kier alpha value is -1.35. The van der Waals surface area contributed by atoms with Crippen LogP contribution in [0.3, 0.4) is 0 Å². The van der Waals surface area contributed by atoms with Crippen LogP contribution in [-0.4, -0.2) is 43.5 Å². The van der Waals surface area contributed by atoms with Crippen LogP contribution in [0.15, 0.2) is 29.3 Å². The highest BCUT2D eigenvalue weighted by Gasteiger charge is 2.20. The summed E-state index contributed by atoms with van der Waals surface area (Å²) in [7, 11) is 0. The van der Waals surface area contributed by atoms with Crippen molar-refractivity contribution in [3.63, 3.8) is 0 Å². The number of amidine groups is 1. The molecule has 16 heavy (non-hydrogen) atoms. The molecule has 2 heterocycles. The topological polar surface area (TPSA) is 27.6 Å². The van der Waals surface area contributed by atoms with E-state index in [1.807, 2.05) is 0 Å². The maximum Gasteiger partial charge on any atom is 0.131 e. The smallest absolute Gasteiger partial charge is 0.131 e. The molecule has 0 aromatic heterocycles. The predicted octanol–water partition coefficient (Wildman–Crippen LogP) is 0.894. The molecule has 1 aromatic carbocycles. The van der Waals surface area contributed by atoms with Crippen molar-refractivity contribution in [2.24, 2.45) is 4.99 Å². The standard InChI is InChI=1S/C13H17N3/c1-2-4-12-11(3-1)5-6-15-13(12)16-9-7-14-8-10-16/h1-4,14H,5-10H2. The van der Waals surface area contributed by atoms with Gasteiger partial charge in [0.1, 0.15) is 5.84 Å². The molecule has 0 bridgehead atoms. The maximum absolute atomic E-state index is 4.71. The van der Waals surface area contributed by atoms with Crippen LogP contribution in [0, 0.1) is 0 Å². The van der Waals surface area contributed by atoms with Gasteiger partial charge >= 0.3 is 0 Å². The molecule has 1 aromatic rings. The highest BCUT2D eigenvalue weighted by Crippen LogP contribution is 2.18. The van der Waals surface area contributed by atoms with E-state index in [0.29, 0.717) is 0 Å². The monoisotopic (exact) mass is 215 g/mol. The first kappa shape index (κ1) is 9.85. The molecule has 0 atom stereocenters. The van der Waals surface area contributed by atoms with Gasteiger partial charge in [-0.15, -0.1) is 0 Å². The lowest BCUT2D eigenvalue weighted by Gasteiger charge is -2.32. The maximum atomic E-state index is 4.71. The summed E-state index contributed by atoms with van der Waals surface area (Å²) in [6, 6.07) is 8.67. The molecular weight excluding hydrogens is 198 g/mol. The highest BCUT2D eigenvalue weighted by molar-refractivity contribution is 6.00. The zero-order valence-electron chi connectivity index (χ0n) is 9.45. The summed E-state index contributed by atoms with van der Waals surface area (Å²) in [4.78, 5) is 7.12. The van der Waals surface area contributed by atoms with Gasteiger partial charge in [0.15, 0.2) is 0 Å². The van der Waals surface area contributed by atoms with Crippen molar-refractivity contribution in [2.45, 2.75) is 6.42 Å². The van der Waals surface area contributed by atoms with Gasteiger partial charge in [-0.25, -0.2) is 0 Å². The molecule has 1 N–H and O–H groups in total. The Morgan fingerprint density at radius 3 is 2.81 bits per heavy atom. The molecular formula is C13H17N3. The van der Waals surface area contributed by atoms with Crippen LogP contribution in [0.25, 0.3) is 0 Å². The summed E-state index contributed by atoms with van der Waals surface area (Å²) < 4.78 is 0. The van der Waals surface area contributed by atoms with Gasteiger partial charge < -0.3 is 10.2 Å². The van der Waals surface area contributed by atoms with Crippen molar-refractivity contribution < 1.29 is 0 Å². The average Bonchev–Trinajstić information content (AvgIpc) is 2.39. The molecule has 3 heteroatoms. The second kappa shape index (κ2) is 4.26. The highest BCUT2D eigenvalue weighted by atomic mass is 15.2. The summed E-state index contributed by atoms with van der Waals surface area (Å²) in [6.07, 6.45) is 1.09. The first-order valence-corrected chi connectivity index (χ1v) is 6.03. The van der Waals surface area contributed by atoms with Crippen LogP contribution in [-0.2, 0) is 6.42 Å². The lowest BCUT2D eigenvalue weighted by atomic mass is 10.0. The van der Waals surface area contributed by atoms with Crippen LogP contribution in [0.5, 0.6) is 0 Å². The number of nitrogens with zero attached hydrogens (tertiary/aromatic N) is 2. The average molecular weight is 215 g/mol. The van der Waals surface area contributed by atoms with Crippen LogP contribution in [0.2, 0.25) is 0 Å². The quantitative estimate of drug-likeness (QED) is 0.696. The fourth-order valence-electron chi connectivity index (χ4n) is 2.47. The van der Waals surface area contributed by atoms with Crippen molar-refractivity contribution >= 4 is 5.84 Å².